The summed E-state index contributed by atoms with van der Waals surface area (Å²) in [5.41, 5.74) is 4.61. The number of aromatic nitrogens is 1. The second kappa shape index (κ2) is 3.64. The summed E-state index contributed by atoms with van der Waals surface area (Å²) in [5, 5.41) is -0.422. The Morgan fingerprint density at radius 1 is 1.41 bits per heavy atom. The highest BCUT2D eigenvalue weighted by atomic mass is 32.1. The smallest absolute Gasteiger partial charge is 0.158 e. The molecule has 0 saturated heterocycles. The average Bonchev–Trinajstić information content (AvgIpc) is 2.62. The largest absolute Gasteiger partial charge is 0.313 e. The number of halogens is 1. The summed E-state index contributed by atoms with van der Waals surface area (Å²) >= 11 is 4.30. The SMILES string of the molecule is C=C1C(S)C(F)c2c(C)c3c(n21)C=CCC=C3. The van der Waals surface area contributed by atoms with Crippen LogP contribution < -0.4 is 0 Å². The minimum atomic E-state index is -1.06. The number of thiol groups is 1. The highest BCUT2D eigenvalue weighted by molar-refractivity contribution is 7.81. The van der Waals surface area contributed by atoms with Gasteiger partial charge >= 0.3 is 0 Å². The molecule has 2 aliphatic rings. The predicted molar refractivity (Wildman–Crippen MR) is 73.8 cm³/mol. The Bertz CT molecular complexity index is 565. The van der Waals surface area contributed by atoms with Gasteiger partial charge in [-0.05, 0) is 25.0 Å². The van der Waals surface area contributed by atoms with Crippen LogP contribution in [0.4, 0.5) is 4.39 Å². The minimum absolute atomic E-state index is 0.422. The summed E-state index contributed by atoms with van der Waals surface area (Å²) in [6, 6.07) is 0. The Morgan fingerprint density at radius 2 is 2.12 bits per heavy atom. The van der Waals surface area contributed by atoms with E-state index in [4.69, 9.17) is 0 Å². The lowest BCUT2D eigenvalue weighted by molar-refractivity contribution is 0.364. The normalized spacial score (nSPS) is 25.9. The van der Waals surface area contributed by atoms with Crippen LogP contribution in [0.2, 0.25) is 0 Å². The van der Waals surface area contributed by atoms with Crippen molar-refractivity contribution in [3.8, 4) is 0 Å². The van der Waals surface area contributed by atoms with E-state index in [1.165, 1.54) is 0 Å². The number of fused-ring (bicyclic) bond motifs is 3. The summed E-state index contributed by atoms with van der Waals surface area (Å²) in [6.07, 6.45) is 8.17. The Kier molecular flexibility index (Phi) is 2.33. The van der Waals surface area contributed by atoms with Crippen LogP contribution in [0.15, 0.2) is 18.7 Å². The van der Waals surface area contributed by atoms with Crippen molar-refractivity contribution in [3.05, 3.63) is 41.2 Å². The average molecular weight is 247 g/mol. The number of nitrogens with zero attached hydrogens (tertiary/aromatic N) is 1. The molecule has 0 fully saturated rings. The highest BCUT2D eigenvalue weighted by Gasteiger charge is 2.38. The van der Waals surface area contributed by atoms with Gasteiger partial charge in [-0.2, -0.15) is 12.6 Å². The maximum absolute atomic E-state index is 14.2. The molecule has 17 heavy (non-hydrogen) atoms. The van der Waals surface area contributed by atoms with E-state index in [1.807, 2.05) is 11.5 Å². The predicted octanol–water partition coefficient (Wildman–Crippen LogP) is 4.02. The Morgan fingerprint density at radius 3 is 2.88 bits per heavy atom. The summed E-state index contributed by atoms with van der Waals surface area (Å²) in [4.78, 5) is 0. The van der Waals surface area contributed by atoms with Crippen LogP contribution >= 0.6 is 12.6 Å². The molecule has 1 nitrogen and oxygen atoms in total. The van der Waals surface area contributed by atoms with Crippen LogP contribution in [-0.2, 0) is 0 Å². The lowest BCUT2D eigenvalue weighted by Gasteiger charge is -2.09. The standard InChI is InChI=1S/C14H14FNS/c1-8-10-6-4-3-5-7-11(10)16-9(2)14(17)12(15)13(8)16/h4-7,12,14,17H,2-3H2,1H3. The van der Waals surface area contributed by atoms with Crippen molar-refractivity contribution in [2.75, 3.05) is 0 Å². The Balaban J connectivity index is 2.33. The maximum atomic E-state index is 14.2. The zero-order valence-electron chi connectivity index (χ0n) is 9.65. The zero-order valence-corrected chi connectivity index (χ0v) is 10.5. The summed E-state index contributed by atoms with van der Waals surface area (Å²) < 4.78 is 16.1. The van der Waals surface area contributed by atoms with Crippen LogP contribution in [-0.4, -0.2) is 9.82 Å². The van der Waals surface area contributed by atoms with Crippen molar-refractivity contribution < 1.29 is 4.39 Å². The van der Waals surface area contributed by atoms with Gasteiger partial charge in [0.15, 0.2) is 6.17 Å². The van der Waals surface area contributed by atoms with Crippen LogP contribution in [0, 0.1) is 6.92 Å². The van der Waals surface area contributed by atoms with Crippen molar-refractivity contribution in [3.63, 3.8) is 0 Å². The molecule has 3 rings (SSSR count). The van der Waals surface area contributed by atoms with E-state index in [0.29, 0.717) is 0 Å². The first kappa shape index (κ1) is 10.9. The molecule has 0 radical (unpaired) electrons. The molecule has 0 spiro atoms. The van der Waals surface area contributed by atoms with Crippen molar-refractivity contribution in [1.82, 2.24) is 4.57 Å². The minimum Gasteiger partial charge on any atom is -0.313 e. The van der Waals surface area contributed by atoms with Crippen LogP contribution in [0.1, 0.15) is 35.1 Å². The fraction of sp³-hybridized carbons (Fsp3) is 0.286. The molecule has 0 amide bonds. The van der Waals surface area contributed by atoms with Crippen LogP contribution in [0.25, 0.3) is 17.8 Å². The van der Waals surface area contributed by atoms with Gasteiger partial charge in [0, 0.05) is 11.3 Å². The van der Waals surface area contributed by atoms with Crippen molar-refractivity contribution >= 4 is 30.5 Å². The molecule has 1 aromatic rings. The van der Waals surface area contributed by atoms with E-state index < -0.39 is 11.4 Å². The molecular formula is C14H14FNS. The maximum Gasteiger partial charge on any atom is 0.158 e. The summed E-state index contributed by atoms with van der Waals surface area (Å²) in [6.45, 7) is 5.94. The van der Waals surface area contributed by atoms with Gasteiger partial charge in [0.05, 0.1) is 16.6 Å². The molecule has 0 bridgehead atoms. The number of alkyl halides is 1. The van der Waals surface area contributed by atoms with E-state index in [2.05, 4.69) is 43.5 Å². The highest BCUT2D eigenvalue weighted by Crippen LogP contribution is 2.45. The van der Waals surface area contributed by atoms with Crippen molar-refractivity contribution in [2.24, 2.45) is 0 Å². The third-order valence-corrected chi connectivity index (χ3v) is 4.11. The van der Waals surface area contributed by atoms with Gasteiger partial charge < -0.3 is 4.57 Å². The molecular weight excluding hydrogens is 233 g/mol. The van der Waals surface area contributed by atoms with E-state index in [9.17, 15) is 4.39 Å². The molecule has 2 unspecified atom stereocenters. The molecule has 88 valence electrons. The van der Waals surface area contributed by atoms with E-state index >= 15 is 0 Å². The lowest BCUT2D eigenvalue weighted by Crippen LogP contribution is -2.03. The van der Waals surface area contributed by atoms with Gasteiger partial charge in [0.2, 0.25) is 0 Å². The first-order chi connectivity index (χ1) is 8.13. The summed E-state index contributed by atoms with van der Waals surface area (Å²) in [5.74, 6) is 0. The number of rotatable bonds is 0. The van der Waals surface area contributed by atoms with Crippen molar-refractivity contribution in [1.29, 1.82) is 0 Å². The van der Waals surface area contributed by atoms with Crippen LogP contribution in [0.5, 0.6) is 0 Å². The molecule has 1 aliphatic heterocycles. The molecule has 0 saturated carbocycles. The van der Waals surface area contributed by atoms with E-state index in [-0.39, 0.29) is 0 Å². The van der Waals surface area contributed by atoms with Gasteiger partial charge in [0.25, 0.3) is 0 Å². The molecule has 1 aliphatic carbocycles. The quantitative estimate of drug-likeness (QED) is 0.661. The number of allylic oxidation sites excluding steroid dienone is 2. The third kappa shape index (κ3) is 1.32. The zero-order chi connectivity index (χ0) is 12.2. The van der Waals surface area contributed by atoms with Gasteiger partial charge in [-0.1, -0.05) is 24.8 Å². The third-order valence-electron chi connectivity index (χ3n) is 3.55. The summed E-state index contributed by atoms with van der Waals surface area (Å²) in [7, 11) is 0. The molecule has 0 N–H and O–H groups in total. The molecule has 0 aromatic carbocycles. The van der Waals surface area contributed by atoms with Crippen LogP contribution in [0.3, 0.4) is 0 Å². The lowest BCUT2D eigenvalue weighted by atomic mass is 10.1. The van der Waals surface area contributed by atoms with E-state index in [1.54, 1.807) is 0 Å². The van der Waals surface area contributed by atoms with Crippen molar-refractivity contribution in [2.45, 2.75) is 24.8 Å². The van der Waals surface area contributed by atoms with Gasteiger partial charge in [-0.15, -0.1) is 0 Å². The Hall–Kier alpha value is -1.22. The second-order valence-electron chi connectivity index (χ2n) is 4.52. The number of hydrogen-bond acceptors (Lipinski definition) is 1. The molecule has 2 atom stereocenters. The second-order valence-corrected chi connectivity index (χ2v) is 5.08. The Labute approximate surface area is 106 Å². The molecule has 1 aromatic heterocycles. The number of hydrogen-bond donors (Lipinski definition) is 1. The molecule has 3 heteroatoms. The monoisotopic (exact) mass is 247 g/mol. The first-order valence-electron chi connectivity index (χ1n) is 5.72. The fourth-order valence-electron chi connectivity index (χ4n) is 2.66. The van der Waals surface area contributed by atoms with Gasteiger partial charge in [0.1, 0.15) is 0 Å². The first-order valence-corrected chi connectivity index (χ1v) is 6.24. The van der Waals surface area contributed by atoms with Gasteiger partial charge in [-0.25, -0.2) is 4.39 Å². The fourth-order valence-corrected chi connectivity index (χ4v) is 2.91. The topological polar surface area (TPSA) is 4.93 Å². The molecule has 2 heterocycles. The van der Waals surface area contributed by atoms with Gasteiger partial charge in [-0.3, -0.25) is 0 Å². The van der Waals surface area contributed by atoms with E-state index in [0.717, 1.165) is 34.6 Å².